The molecule has 0 aliphatic carbocycles. The van der Waals surface area contributed by atoms with E-state index in [0.717, 1.165) is 11.1 Å². The Morgan fingerprint density at radius 2 is 1.83 bits per heavy atom. The quantitative estimate of drug-likeness (QED) is 0.499. The maximum atomic E-state index is 13.3. The van der Waals surface area contributed by atoms with Crippen LogP contribution in [0.3, 0.4) is 0 Å². The molecule has 2 amide bonds. The molecule has 8 nitrogen and oxygen atoms in total. The van der Waals surface area contributed by atoms with Gasteiger partial charge in [0.25, 0.3) is 5.91 Å². The summed E-state index contributed by atoms with van der Waals surface area (Å²) in [6.45, 7) is 3.78. The minimum atomic E-state index is -0.508. The Bertz CT molecular complexity index is 1290. The van der Waals surface area contributed by atoms with E-state index < -0.39 is 6.04 Å². The topological polar surface area (TPSA) is 86.3 Å². The predicted molar refractivity (Wildman–Crippen MR) is 134 cm³/mol. The van der Waals surface area contributed by atoms with E-state index in [1.165, 1.54) is 0 Å². The third-order valence-corrected chi connectivity index (χ3v) is 6.30. The Balaban J connectivity index is 1.42. The largest absolute Gasteiger partial charge is 0.493 e. The maximum absolute atomic E-state index is 13.3. The number of carbonyl (C=O) groups excluding carboxylic acids is 2. The van der Waals surface area contributed by atoms with Gasteiger partial charge in [0.15, 0.2) is 23.0 Å². The van der Waals surface area contributed by atoms with Crippen molar-refractivity contribution in [2.24, 2.45) is 0 Å². The number of nitrogens with zero attached hydrogens (tertiary/aromatic N) is 1. The number of hydrogen-bond donors (Lipinski definition) is 1. The van der Waals surface area contributed by atoms with E-state index in [0.29, 0.717) is 60.6 Å². The SMILES string of the molecule is CCOc1ccc([C@@H](CC(=O)Nc2ccc3c(c2)OCCO3)N2Cc3ccccc3C2=O)cc1OC. The lowest BCUT2D eigenvalue weighted by Gasteiger charge is -2.28. The fraction of sp³-hybridized carbons (Fsp3) is 0.286. The molecule has 5 rings (SSSR count). The smallest absolute Gasteiger partial charge is 0.255 e. The normalized spacial score (nSPS) is 14.7. The van der Waals surface area contributed by atoms with Gasteiger partial charge in [0.2, 0.25) is 5.91 Å². The molecule has 1 N–H and O–H groups in total. The molecule has 0 radical (unpaired) electrons. The molecule has 186 valence electrons. The Labute approximate surface area is 209 Å². The summed E-state index contributed by atoms with van der Waals surface area (Å²) >= 11 is 0. The number of amides is 2. The fourth-order valence-corrected chi connectivity index (χ4v) is 4.61. The standard InChI is InChI=1S/C28H28N2O6/c1-3-34-23-10-8-18(14-25(23)33-2)22(30-17-19-6-4-5-7-21(19)28(30)32)16-27(31)29-20-9-11-24-26(15-20)36-13-12-35-24/h4-11,14-15,22H,3,12-13,16-17H2,1-2H3,(H,29,31)/t22-/m1/s1. The second-order valence-corrected chi connectivity index (χ2v) is 8.56. The third-order valence-electron chi connectivity index (χ3n) is 6.30. The zero-order chi connectivity index (χ0) is 25.1. The number of carbonyl (C=O) groups is 2. The van der Waals surface area contributed by atoms with E-state index in [1.807, 2.05) is 49.4 Å². The van der Waals surface area contributed by atoms with Crippen molar-refractivity contribution in [1.29, 1.82) is 0 Å². The predicted octanol–water partition coefficient (Wildman–Crippen LogP) is 4.59. The first-order valence-electron chi connectivity index (χ1n) is 12.0. The molecule has 0 saturated heterocycles. The highest BCUT2D eigenvalue weighted by Crippen LogP contribution is 2.38. The number of methoxy groups -OCH3 is 1. The molecule has 8 heteroatoms. The number of hydrogen-bond acceptors (Lipinski definition) is 6. The van der Waals surface area contributed by atoms with Gasteiger partial charge in [-0.3, -0.25) is 9.59 Å². The highest BCUT2D eigenvalue weighted by molar-refractivity contribution is 5.99. The first kappa shape index (κ1) is 23.5. The van der Waals surface area contributed by atoms with Crippen LogP contribution in [0.15, 0.2) is 60.7 Å². The lowest BCUT2D eigenvalue weighted by atomic mass is 10.0. The summed E-state index contributed by atoms with van der Waals surface area (Å²) in [6, 6.07) is 17.9. The van der Waals surface area contributed by atoms with Crippen LogP contribution in [0, 0.1) is 0 Å². The first-order chi connectivity index (χ1) is 17.6. The number of rotatable bonds is 8. The summed E-state index contributed by atoms with van der Waals surface area (Å²) in [6.07, 6.45) is 0.0608. The van der Waals surface area contributed by atoms with Gasteiger partial charge in [-0.15, -0.1) is 0 Å². The van der Waals surface area contributed by atoms with Crippen LogP contribution in [0.2, 0.25) is 0 Å². The maximum Gasteiger partial charge on any atom is 0.255 e. The van der Waals surface area contributed by atoms with Crippen molar-refractivity contribution in [3.8, 4) is 23.0 Å². The van der Waals surface area contributed by atoms with E-state index in [4.69, 9.17) is 18.9 Å². The average Bonchev–Trinajstić information content (AvgIpc) is 3.24. The van der Waals surface area contributed by atoms with Gasteiger partial charge in [-0.1, -0.05) is 24.3 Å². The molecule has 0 saturated carbocycles. The lowest BCUT2D eigenvalue weighted by molar-refractivity contribution is -0.117. The van der Waals surface area contributed by atoms with Crippen molar-refractivity contribution in [2.45, 2.75) is 25.9 Å². The molecule has 36 heavy (non-hydrogen) atoms. The van der Waals surface area contributed by atoms with Crippen LogP contribution in [0.25, 0.3) is 0 Å². The number of ether oxygens (including phenoxy) is 4. The Hall–Kier alpha value is -4.20. The van der Waals surface area contributed by atoms with Crippen LogP contribution in [-0.4, -0.2) is 43.6 Å². The molecule has 0 unspecified atom stereocenters. The minimum absolute atomic E-state index is 0.0608. The number of benzene rings is 3. The van der Waals surface area contributed by atoms with Gasteiger partial charge >= 0.3 is 0 Å². The Morgan fingerprint density at radius 1 is 1.03 bits per heavy atom. The van der Waals surface area contributed by atoms with E-state index in [2.05, 4.69) is 5.32 Å². The van der Waals surface area contributed by atoms with Crippen molar-refractivity contribution in [3.05, 3.63) is 77.4 Å². The molecule has 0 fully saturated rings. The average molecular weight is 489 g/mol. The van der Waals surface area contributed by atoms with Crippen molar-refractivity contribution in [3.63, 3.8) is 0 Å². The molecule has 2 aliphatic heterocycles. The summed E-state index contributed by atoms with van der Waals surface area (Å²) in [5.41, 5.74) is 2.99. The van der Waals surface area contributed by atoms with Gasteiger partial charge in [-0.05, 0) is 48.4 Å². The van der Waals surface area contributed by atoms with Crippen molar-refractivity contribution in [2.75, 3.05) is 32.2 Å². The molecule has 2 aliphatic rings. The lowest BCUT2D eigenvalue weighted by Crippen LogP contribution is -2.32. The van der Waals surface area contributed by atoms with Gasteiger partial charge in [0.1, 0.15) is 13.2 Å². The molecule has 1 atom stereocenters. The highest BCUT2D eigenvalue weighted by Gasteiger charge is 2.35. The van der Waals surface area contributed by atoms with Crippen LogP contribution < -0.4 is 24.3 Å². The van der Waals surface area contributed by atoms with Crippen molar-refractivity contribution < 1.29 is 28.5 Å². The first-order valence-corrected chi connectivity index (χ1v) is 12.0. The number of anilines is 1. The summed E-state index contributed by atoms with van der Waals surface area (Å²) < 4.78 is 22.4. The minimum Gasteiger partial charge on any atom is -0.493 e. The van der Waals surface area contributed by atoms with Gasteiger partial charge in [-0.25, -0.2) is 0 Å². The summed E-state index contributed by atoms with van der Waals surface area (Å²) in [7, 11) is 1.57. The second kappa shape index (κ2) is 10.2. The highest BCUT2D eigenvalue weighted by atomic mass is 16.6. The monoisotopic (exact) mass is 488 g/mol. The zero-order valence-electron chi connectivity index (χ0n) is 20.3. The molecule has 3 aromatic rings. The van der Waals surface area contributed by atoms with Gasteiger partial charge in [0, 0.05) is 23.9 Å². The zero-order valence-corrected chi connectivity index (χ0v) is 20.3. The number of fused-ring (bicyclic) bond motifs is 2. The van der Waals surface area contributed by atoms with E-state index in [-0.39, 0.29) is 18.2 Å². The van der Waals surface area contributed by atoms with Crippen LogP contribution in [-0.2, 0) is 11.3 Å². The second-order valence-electron chi connectivity index (χ2n) is 8.56. The van der Waals surface area contributed by atoms with E-state index >= 15 is 0 Å². The third kappa shape index (κ3) is 4.66. The summed E-state index contributed by atoms with van der Waals surface area (Å²) in [4.78, 5) is 28.3. The molecule has 3 aromatic carbocycles. The van der Waals surface area contributed by atoms with E-state index in [1.54, 1.807) is 30.2 Å². The Kier molecular flexibility index (Phi) is 6.66. The summed E-state index contributed by atoms with van der Waals surface area (Å²) in [5.74, 6) is 2.08. The van der Waals surface area contributed by atoms with Crippen LogP contribution in [0.1, 0.15) is 40.9 Å². The molecule has 0 aromatic heterocycles. The molecular formula is C28H28N2O6. The van der Waals surface area contributed by atoms with Crippen molar-refractivity contribution >= 4 is 17.5 Å². The van der Waals surface area contributed by atoms with Gasteiger partial charge in [0.05, 0.1) is 26.2 Å². The molecular weight excluding hydrogens is 460 g/mol. The summed E-state index contributed by atoms with van der Waals surface area (Å²) in [5, 5.41) is 2.94. The molecule has 0 spiro atoms. The molecule has 2 heterocycles. The Morgan fingerprint density at radius 3 is 2.61 bits per heavy atom. The van der Waals surface area contributed by atoms with Crippen LogP contribution in [0.4, 0.5) is 5.69 Å². The molecule has 0 bridgehead atoms. The van der Waals surface area contributed by atoms with Crippen LogP contribution in [0.5, 0.6) is 23.0 Å². The van der Waals surface area contributed by atoms with Gasteiger partial charge in [-0.2, -0.15) is 0 Å². The number of nitrogens with one attached hydrogen (secondary N) is 1. The van der Waals surface area contributed by atoms with Crippen LogP contribution >= 0.6 is 0 Å². The van der Waals surface area contributed by atoms with Crippen molar-refractivity contribution in [1.82, 2.24) is 4.90 Å². The van der Waals surface area contributed by atoms with E-state index in [9.17, 15) is 9.59 Å². The van der Waals surface area contributed by atoms with Gasteiger partial charge < -0.3 is 29.2 Å². The fourth-order valence-electron chi connectivity index (χ4n) is 4.61.